The first kappa shape index (κ1) is 24.9. The number of amides is 1. The first-order valence-corrected chi connectivity index (χ1v) is 13.4. The van der Waals surface area contributed by atoms with E-state index in [1.54, 1.807) is 4.57 Å². The molecular formula is C29H24FN3O2S2. The molecule has 0 aliphatic rings. The molecule has 1 N–H and O–H groups in total. The lowest BCUT2D eigenvalue weighted by Gasteiger charge is -2.19. The molecule has 5 nitrogen and oxygen atoms in total. The zero-order valence-electron chi connectivity index (χ0n) is 20.3. The van der Waals surface area contributed by atoms with Gasteiger partial charge >= 0.3 is 0 Å². The minimum atomic E-state index is -0.695. The minimum absolute atomic E-state index is 0.121. The van der Waals surface area contributed by atoms with Crippen LogP contribution >= 0.6 is 23.1 Å². The van der Waals surface area contributed by atoms with Crippen LogP contribution in [0.5, 0.6) is 0 Å². The van der Waals surface area contributed by atoms with Crippen molar-refractivity contribution in [1.29, 1.82) is 0 Å². The quantitative estimate of drug-likeness (QED) is 0.187. The fourth-order valence-corrected chi connectivity index (χ4v) is 6.22. The predicted molar refractivity (Wildman–Crippen MR) is 149 cm³/mol. The summed E-state index contributed by atoms with van der Waals surface area (Å²) in [6.45, 7) is 4.26. The van der Waals surface area contributed by atoms with E-state index in [2.05, 4.69) is 5.32 Å². The number of halogens is 1. The summed E-state index contributed by atoms with van der Waals surface area (Å²) in [4.78, 5) is 33.9. The van der Waals surface area contributed by atoms with Crippen LogP contribution in [-0.4, -0.2) is 15.5 Å². The van der Waals surface area contributed by atoms with Crippen molar-refractivity contribution >= 4 is 44.9 Å². The van der Waals surface area contributed by atoms with E-state index < -0.39 is 5.25 Å². The number of nitrogens with one attached hydrogen (secondary N) is 1. The zero-order chi connectivity index (χ0) is 25.9. The van der Waals surface area contributed by atoms with Gasteiger partial charge in [-0.15, -0.1) is 11.3 Å². The van der Waals surface area contributed by atoms with Crippen LogP contribution in [0.3, 0.4) is 0 Å². The Morgan fingerprint density at radius 3 is 2.32 bits per heavy atom. The summed E-state index contributed by atoms with van der Waals surface area (Å²) in [5.74, 6) is -0.669. The van der Waals surface area contributed by atoms with Crippen molar-refractivity contribution in [2.45, 2.75) is 30.8 Å². The molecule has 0 radical (unpaired) electrons. The van der Waals surface area contributed by atoms with Gasteiger partial charge in [-0.05, 0) is 54.8 Å². The Balaban J connectivity index is 1.60. The number of carbonyl (C=O) groups is 1. The van der Waals surface area contributed by atoms with Crippen molar-refractivity contribution in [3.63, 3.8) is 0 Å². The molecule has 8 heteroatoms. The van der Waals surface area contributed by atoms with Gasteiger partial charge in [0, 0.05) is 10.6 Å². The second-order valence-corrected chi connectivity index (χ2v) is 10.9. The smallest absolute Gasteiger partial charge is 0.263 e. The molecule has 37 heavy (non-hydrogen) atoms. The Bertz CT molecular complexity index is 1620. The van der Waals surface area contributed by atoms with E-state index in [0.717, 1.165) is 21.6 Å². The molecule has 0 aliphatic heterocycles. The lowest BCUT2D eigenvalue weighted by Crippen LogP contribution is -2.26. The van der Waals surface area contributed by atoms with Gasteiger partial charge in [0.05, 0.1) is 11.9 Å². The predicted octanol–water partition coefficient (Wildman–Crippen LogP) is 6.73. The number of rotatable bonds is 7. The monoisotopic (exact) mass is 529 g/mol. The Hall–Kier alpha value is -3.75. The number of nitrogens with zero attached hydrogens (tertiary/aromatic N) is 2. The van der Waals surface area contributed by atoms with Crippen LogP contribution in [0.2, 0.25) is 0 Å². The van der Waals surface area contributed by atoms with Crippen molar-refractivity contribution < 1.29 is 9.18 Å². The van der Waals surface area contributed by atoms with Crippen molar-refractivity contribution in [3.05, 3.63) is 123 Å². The maximum absolute atomic E-state index is 13.8. The first-order chi connectivity index (χ1) is 17.9. The van der Waals surface area contributed by atoms with Crippen LogP contribution in [0.1, 0.15) is 26.8 Å². The molecule has 0 bridgehead atoms. The van der Waals surface area contributed by atoms with Crippen LogP contribution < -0.4 is 10.9 Å². The van der Waals surface area contributed by atoms with Gasteiger partial charge in [0.25, 0.3) is 5.56 Å². The molecule has 5 rings (SSSR count). The van der Waals surface area contributed by atoms with E-state index in [1.165, 1.54) is 47.4 Å². The van der Waals surface area contributed by atoms with Crippen LogP contribution in [0.25, 0.3) is 10.2 Å². The van der Waals surface area contributed by atoms with Gasteiger partial charge in [-0.3, -0.25) is 14.2 Å². The van der Waals surface area contributed by atoms with Gasteiger partial charge < -0.3 is 5.32 Å². The summed E-state index contributed by atoms with van der Waals surface area (Å²) in [6, 6.07) is 24.7. The summed E-state index contributed by atoms with van der Waals surface area (Å²) in [6.07, 6.45) is 0. The first-order valence-electron chi connectivity index (χ1n) is 11.7. The summed E-state index contributed by atoms with van der Waals surface area (Å²) < 4.78 is 15.1. The van der Waals surface area contributed by atoms with Crippen LogP contribution in [0.15, 0.2) is 94.9 Å². The third kappa shape index (κ3) is 5.35. The Kier molecular flexibility index (Phi) is 7.21. The number of thioether (sulfide) groups is 1. The second kappa shape index (κ2) is 10.7. The second-order valence-electron chi connectivity index (χ2n) is 8.64. The van der Waals surface area contributed by atoms with Crippen LogP contribution in [-0.2, 0) is 11.3 Å². The van der Waals surface area contributed by atoms with Gasteiger partial charge in [0.15, 0.2) is 5.16 Å². The molecule has 186 valence electrons. The molecule has 1 unspecified atom stereocenters. The third-order valence-electron chi connectivity index (χ3n) is 6.11. The minimum Gasteiger partial charge on any atom is -0.325 e. The Morgan fingerprint density at radius 1 is 1.00 bits per heavy atom. The maximum atomic E-state index is 13.8. The van der Waals surface area contributed by atoms with Gasteiger partial charge in [-0.25, -0.2) is 9.37 Å². The molecule has 0 fully saturated rings. The van der Waals surface area contributed by atoms with E-state index in [4.69, 9.17) is 4.98 Å². The Morgan fingerprint density at radius 2 is 1.65 bits per heavy atom. The van der Waals surface area contributed by atoms with Crippen LogP contribution in [0.4, 0.5) is 10.1 Å². The van der Waals surface area contributed by atoms with Crippen molar-refractivity contribution in [2.75, 3.05) is 5.32 Å². The summed E-state index contributed by atoms with van der Waals surface area (Å²) in [7, 11) is 0. The zero-order valence-corrected chi connectivity index (χ0v) is 21.9. The molecular weight excluding hydrogens is 505 g/mol. The highest BCUT2D eigenvalue weighted by Crippen LogP contribution is 2.37. The van der Waals surface area contributed by atoms with E-state index in [1.807, 2.05) is 74.5 Å². The fraction of sp³-hybridized carbons (Fsp3) is 0.138. The SMILES string of the molecule is Cc1sc2nc(SC(C(=O)Nc3ccc(F)cc3)c3ccccc3)n(Cc3ccccc3)c(=O)c2c1C. The number of fused-ring (bicyclic) bond motifs is 1. The standard InChI is InChI=1S/C29H24FN3O2S2/c1-18-19(2)36-27-24(18)28(35)33(17-20-9-5-3-6-10-20)29(32-27)37-25(21-11-7-4-8-12-21)26(34)31-23-15-13-22(30)14-16-23/h3-16,25H,17H2,1-2H3,(H,31,34). The molecule has 1 amide bonds. The number of aromatic nitrogens is 2. The molecule has 1 atom stereocenters. The molecule has 0 spiro atoms. The highest BCUT2D eigenvalue weighted by Gasteiger charge is 2.26. The number of thiophene rings is 1. The summed E-state index contributed by atoms with van der Waals surface area (Å²) in [5, 5.41) is 3.27. The number of carbonyl (C=O) groups excluding carboxylic acids is 1. The molecule has 3 aromatic carbocycles. The summed E-state index contributed by atoms with van der Waals surface area (Å²) in [5.41, 5.74) is 3.03. The number of anilines is 1. The van der Waals surface area contributed by atoms with Gasteiger partial charge in [0.2, 0.25) is 5.91 Å². The number of benzene rings is 3. The average Bonchev–Trinajstić information content (AvgIpc) is 3.20. The van der Waals surface area contributed by atoms with E-state index in [-0.39, 0.29) is 17.3 Å². The van der Waals surface area contributed by atoms with E-state index in [0.29, 0.717) is 27.6 Å². The molecule has 2 heterocycles. The highest BCUT2D eigenvalue weighted by molar-refractivity contribution is 8.00. The molecule has 5 aromatic rings. The van der Waals surface area contributed by atoms with Crippen molar-refractivity contribution in [1.82, 2.24) is 9.55 Å². The highest BCUT2D eigenvalue weighted by atomic mass is 32.2. The van der Waals surface area contributed by atoms with Gasteiger partial charge in [-0.2, -0.15) is 0 Å². The number of aryl methyl sites for hydroxylation is 2. The number of hydrogen-bond acceptors (Lipinski definition) is 5. The average molecular weight is 530 g/mol. The molecule has 0 aliphatic carbocycles. The van der Waals surface area contributed by atoms with E-state index >= 15 is 0 Å². The van der Waals surface area contributed by atoms with Gasteiger partial charge in [-0.1, -0.05) is 72.4 Å². The lowest BCUT2D eigenvalue weighted by atomic mass is 10.1. The molecule has 0 saturated heterocycles. The topological polar surface area (TPSA) is 64.0 Å². The van der Waals surface area contributed by atoms with Crippen molar-refractivity contribution in [3.8, 4) is 0 Å². The molecule has 0 saturated carbocycles. The summed E-state index contributed by atoms with van der Waals surface area (Å²) >= 11 is 2.72. The largest absolute Gasteiger partial charge is 0.325 e. The van der Waals surface area contributed by atoms with Crippen molar-refractivity contribution in [2.24, 2.45) is 0 Å². The normalized spacial score (nSPS) is 12.0. The number of hydrogen-bond donors (Lipinski definition) is 1. The molecule has 2 aromatic heterocycles. The van der Waals surface area contributed by atoms with E-state index in [9.17, 15) is 14.0 Å². The Labute approximate surface area is 222 Å². The third-order valence-corrected chi connectivity index (χ3v) is 8.46. The van der Waals surface area contributed by atoms with Crippen LogP contribution in [0, 0.1) is 19.7 Å². The fourth-order valence-electron chi connectivity index (χ4n) is 4.05. The maximum Gasteiger partial charge on any atom is 0.263 e. The van der Waals surface area contributed by atoms with Gasteiger partial charge in [0.1, 0.15) is 15.9 Å². The lowest BCUT2D eigenvalue weighted by molar-refractivity contribution is -0.115.